The molecule has 14 heavy (non-hydrogen) atoms. The van der Waals surface area contributed by atoms with Crippen molar-refractivity contribution in [3.8, 4) is 0 Å². The van der Waals surface area contributed by atoms with Gasteiger partial charge in [0.1, 0.15) is 5.82 Å². The number of likely N-dealkylation sites (N-methyl/N-ethyl adjacent to an activating group) is 1. The fourth-order valence-electron chi connectivity index (χ4n) is 1.84. The van der Waals surface area contributed by atoms with Crippen LogP contribution in [0.2, 0.25) is 0 Å². The second-order valence-electron chi connectivity index (χ2n) is 3.73. The number of rotatable bonds is 2. The number of hydrogen-bond donors (Lipinski definition) is 0. The number of nitrogens with zero attached hydrogens (tertiary/aromatic N) is 3. The summed E-state index contributed by atoms with van der Waals surface area (Å²) in [5.41, 5.74) is 2.58. The van der Waals surface area contributed by atoms with Crippen LogP contribution in [0.5, 0.6) is 0 Å². The predicted molar refractivity (Wildman–Crippen MR) is 56.1 cm³/mol. The van der Waals surface area contributed by atoms with E-state index in [0.717, 1.165) is 38.3 Å². The Bertz CT molecular complexity index is 322. The Morgan fingerprint density at radius 1 is 1.43 bits per heavy atom. The lowest BCUT2D eigenvalue weighted by Gasteiger charge is -2.26. The highest BCUT2D eigenvalue weighted by molar-refractivity contribution is 5.20. The van der Waals surface area contributed by atoms with Crippen molar-refractivity contribution < 1.29 is 0 Å². The third-order valence-corrected chi connectivity index (χ3v) is 2.84. The van der Waals surface area contributed by atoms with E-state index in [1.54, 1.807) is 0 Å². The molecule has 0 unspecified atom stereocenters. The predicted octanol–water partition coefficient (Wildman–Crippen LogP) is 1.42. The minimum Gasteiger partial charge on any atom is -0.297 e. The van der Waals surface area contributed by atoms with E-state index in [1.807, 2.05) is 6.20 Å². The van der Waals surface area contributed by atoms with Crippen molar-refractivity contribution in [2.75, 3.05) is 13.1 Å². The second kappa shape index (κ2) is 4.05. The van der Waals surface area contributed by atoms with Gasteiger partial charge in [-0.3, -0.25) is 4.90 Å². The van der Waals surface area contributed by atoms with E-state index in [4.69, 9.17) is 0 Å². The van der Waals surface area contributed by atoms with Gasteiger partial charge in [0.15, 0.2) is 0 Å². The molecule has 2 heterocycles. The van der Waals surface area contributed by atoms with Crippen molar-refractivity contribution in [3.05, 3.63) is 23.3 Å². The summed E-state index contributed by atoms with van der Waals surface area (Å²) in [6.07, 6.45) is 4.04. The van der Waals surface area contributed by atoms with Gasteiger partial charge in [-0.25, -0.2) is 9.97 Å². The Hall–Kier alpha value is -0.960. The van der Waals surface area contributed by atoms with Gasteiger partial charge in [-0.15, -0.1) is 0 Å². The van der Waals surface area contributed by atoms with Gasteiger partial charge in [0.05, 0.1) is 5.69 Å². The highest BCUT2D eigenvalue weighted by Gasteiger charge is 2.16. The van der Waals surface area contributed by atoms with Crippen LogP contribution in [-0.2, 0) is 19.4 Å². The van der Waals surface area contributed by atoms with Crippen LogP contribution in [0.3, 0.4) is 0 Å². The van der Waals surface area contributed by atoms with E-state index < -0.39 is 0 Å². The molecule has 0 amide bonds. The average molecular weight is 191 g/mol. The number of hydrogen-bond acceptors (Lipinski definition) is 3. The first-order valence-corrected chi connectivity index (χ1v) is 5.39. The van der Waals surface area contributed by atoms with Crippen LogP contribution in [0.1, 0.15) is 30.9 Å². The molecule has 76 valence electrons. The molecule has 0 N–H and O–H groups in total. The van der Waals surface area contributed by atoms with E-state index >= 15 is 0 Å². The molecule has 3 nitrogen and oxygen atoms in total. The largest absolute Gasteiger partial charge is 0.297 e. The van der Waals surface area contributed by atoms with Gasteiger partial charge < -0.3 is 0 Å². The molecule has 0 bridgehead atoms. The molecule has 1 aliphatic heterocycles. The maximum Gasteiger partial charge on any atom is 0.128 e. The number of fused-ring (bicyclic) bond motifs is 1. The van der Waals surface area contributed by atoms with Crippen molar-refractivity contribution in [2.24, 2.45) is 0 Å². The zero-order valence-corrected chi connectivity index (χ0v) is 8.95. The molecule has 2 rings (SSSR count). The second-order valence-corrected chi connectivity index (χ2v) is 3.73. The monoisotopic (exact) mass is 191 g/mol. The van der Waals surface area contributed by atoms with Crippen LogP contribution in [0.25, 0.3) is 0 Å². The smallest absolute Gasteiger partial charge is 0.128 e. The van der Waals surface area contributed by atoms with Crippen molar-refractivity contribution >= 4 is 0 Å². The minimum atomic E-state index is 0.930. The fraction of sp³-hybridized carbons (Fsp3) is 0.636. The quantitative estimate of drug-likeness (QED) is 0.708. The molecule has 0 aromatic carbocycles. The molecule has 0 aliphatic carbocycles. The summed E-state index contributed by atoms with van der Waals surface area (Å²) in [6.45, 7) is 7.57. The third kappa shape index (κ3) is 1.77. The first-order chi connectivity index (χ1) is 6.83. The van der Waals surface area contributed by atoms with Crippen molar-refractivity contribution in [1.82, 2.24) is 14.9 Å². The minimum absolute atomic E-state index is 0.930. The molecule has 1 aliphatic rings. The van der Waals surface area contributed by atoms with E-state index in [1.165, 1.54) is 11.3 Å². The SMILES string of the molecule is CCc1ncc2c(n1)CN(CC)CC2. The third-order valence-electron chi connectivity index (χ3n) is 2.84. The van der Waals surface area contributed by atoms with E-state index in [-0.39, 0.29) is 0 Å². The molecule has 0 saturated heterocycles. The first-order valence-electron chi connectivity index (χ1n) is 5.39. The van der Waals surface area contributed by atoms with E-state index in [9.17, 15) is 0 Å². The summed E-state index contributed by atoms with van der Waals surface area (Å²) in [5.74, 6) is 0.974. The number of aromatic nitrogens is 2. The van der Waals surface area contributed by atoms with Gasteiger partial charge in [0.25, 0.3) is 0 Å². The van der Waals surface area contributed by atoms with Gasteiger partial charge in [-0.2, -0.15) is 0 Å². The normalized spacial score (nSPS) is 16.7. The lowest BCUT2D eigenvalue weighted by molar-refractivity contribution is 0.263. The van der Waals surface area contributed by atoms with Crippen molar-refractivity contribution in [2.45, 2.75) is 33.2 Å². The lowest BCUT2D eigenvalue weighted by atomic mass is 10.1. The number of aryl methyl sites for hydroxylation is 1. The van der Waals surface area contributed by atoms with Crippen LogP contribution in [0.15, 0.2) is 6.20 Å². The molecular formula is C11H17N3. The van der Waals surface area contributed by atoms with E-state index in [0.29, 0.717) is 0 Å². The van der Waals surface area contributed by atoms with Crippen LogP contribution in [-0.4, -0.2) is 28.0 Å². The summed E-state index contributed by atoms with van der Waals surface area (Å²) in [7, 11) is 0. The van der Waals surface area contributed by atoms with Gasteiger partial charge in [0.2, 0.25) is 0 Å². The molecule has 0 spiro atoms. The molecular weight excluding hydrogens is 174 g/mol. The molecule has 0 fully saturated rings. The Balaban J connectivity index is 2.25. The van der Waals surface area contributed by atoms with Crippen molar-refractivity contribution in [1.29, 1.82) is 0 Å². The van der Waals surface area contributed by atoms with Gasteiger partial charge in [0, 0.05) is 25.7 Å². The van der Waals surface area contributed by atoms with Gasteiger partial charge in [-0.1, -0.05) is 13.8 Å². The molecule has 1 aromatic rings. The Labute approximate surface area is 85.2 Å². The summed E-state index contributed by atoms with van der Waals surface area (Å²) >= 11 is 0. The highest BCUT2D eigenvalue weighted by atomic mass is 15.1. The topological polar surface area (TPSA) is 29.0 Å². The zero-order chi connectivity index (χ0) is 9.97. The van der Waals surface area contributed by atoms with Gasteiger partial charge in [-0.05, 0) is 18.5 Å². The molecule has 3 heteroatoms. The maximum atomic E-state index is 4.58. The molecule has 0 radical (unpaired) electrons. The van der Waals surface area contributed by atoms with Gasteiger partial charge >= 0.3 is 0 Å². The maximum absolute atomic E-state index is 4.58. The summed E-state index contributed by atoms with van der Waals surface area (Å²) < 4.78 is 0. The highest BCUT2D eigenvalue weighted by Crippen LogP contribution is 2.15. The standard InChI is InChI=1S/C11H17N3/c1-3-11-12-7-9-5-6-14(4-2)8-10(9)13-11/h7H,3-6,8H2,1-2H3. The Morgan fingerprint density at radius 3 is 3.00 bits per heavy atom. The summed E-state index contributed by atoms with van der Waals surface area (Å²) in [5, 5.41) is 0. The van der Waals surface area contributed by atoms with E-state index in [2.05, 4.69) is 28.7 Å². The van der Waals surface area contributed by atoms with Crippen LogP contribution < -0.4 is 0 Å². The van der Waals surface area contributed by atoms with Crippen molar-refractivity contribution in [3.63, 3.8) is 0 Å². The Kier molecular flexibility index (Phi) is 2.77. The fourth-order valence-corrected chi connectivity index (χ4v) is 1.84. The zero-order valence-electron chi connectivity index (χ0n) is 8.95. The van der Waals surface area contributed by atoms with Crippen LogP contribution >= 0.6 is 0 Å². The average Bonchev–Trinajstić information content (AvgIpc) is 2.27. The first kappa shape index (κ1) is 9.59. The summed E-state index contributed by atoms with van der Waals surface area (Å²) in [6, 6.07) is 0. The molecule has 0 saturated carbocycles. The van der Waals surface area contributed by atoms with Crippen LogP contribution in [0.4, 0.5) is 0 Å². The molecule has 1 aromatic heterocycles. The lowest BCUT2D eigenvalue weighted by Crippen LogP contribution is -2.31. The molecule has 0 atom stereocenters. The summed E-state index contributed by atoms with van der Waals surface area (Å²) in [4.78, 5) is 11.3. The Morgan fingerprint density at radius 2 is 2.29 bits per heavy atom. The van der Waals surface area contributed by atoms with Crippen LogP contribution in [0, 0.1) is 0 Å².